The van der Waals surface area contributed by atoms with Crippen molar-refractivity contribution in [1.29, 1.82) is 0 Å². The van der Waals surface area contributed by atoms with E-state index in [2.05, 4.69) is 19.9 Å². The van der Waals surface area contributed by atoms with Crippen LogP contribution in [0.5, 0.6) is 0 Å². The molecule has 0 aliphatic rings. The second kappa shape index (κ2) is 5.15. The van der Waals surface area contributed by atoms with E-state index < -0.39 is 5.60 Å². The summed E-state index contributed by atoms with van der Waals surface area (Å²) in [6, 6.07) is 0. The highest BCUT2D eigenvalue weighted by Crippen LogP contribution is 2.14. The van der Waals surface area contributed by atoms with E-state index in [-0.39, 0.29) is 0 Å². The van der Waals surface area contributed by atoms with Gasteiger partial charge in [0.2, 0.25) is 0 Å². The molecule has 70 valence electrons. The summed E-state index contributed by atoms with van der Waals surface area (Å²) in [5.74, 6) is 0. The molecule has 0 spiro atoms. The second-order valence-electron chi connectivity index (χ2n) is 3.68. The molecular formula is C11H20O. The molecule has 0 aromatic rings. The molecule has 1 atom stereocenters. The molecule has 0 saturated heterocycles. The van der Waals surface area contributed by atoms with E-state index in [9.17, 15) is 5.11 Å². The Morgan fingerprint density at radius 1 is 1.42 bits per heavy atom. The van der Waals surface area contributed by atoms with Crippen LogP contribution in [0.15, 0.2) is 23.8 Å². The highest BCUT2D eigenvalue weighted by molar-refractivity contribution is 5.00. The van der Waals surface area contributed by atoms with Crippen molar-refractivity contribution < 1.29 is 5.11 Å². The Morgan fingerprint density at radius 3 is 2.42 bits per heavy atom. The number of hydrogen-bond acceptors (Lipinski definition) is 1. The van der Waals surface area contributed by atoms with Crippen LogP contribution in [0.1, 0.15) is 40.5 Å². The molecule has 0 aliphatic heterocycles. The van der Waals surface area contributed by atoms with Crippen LogP contribution in [-0.4, -0.2) is 10.7 Å². The van der Waals surface area contributed by atoms with Crippen molar-refractivity contribution in [2.75, 3.05) is 0 Å². The Hall–Kier alpha value is -0.560. The van der Waals surface area contributed by atoms with Gasteiger partial charge in [0.15, 0.2) is 0 Å². The molecule has 1 N–H and O–H groups in total. The molecule has 0 fully saturated rings. The van der Waals surface area contributed by atoms with Gasteiger partial charge in [-0.25, -0.2) is 0 Å². The van der Waals surface area contributed by atoms with Gasteiger partial charge in [0.25, 0.3) is 0 Å². The third-order valence-electron chi connectivity index (χ3n) is 1.73. The monoisotopic (exact) mass is 168 g/mol. The topological polar surface area (TPSA) is 20.2 Å². The Bertz CT molecular complexity index is 171. The van der Waals surface area contributed by atoms with Crippen molar-refractivity contribution in [2.45, 2.75) is 46.1 Å². The molecule has 1 heteroatoms. The van der Waals surface area contributed by atoms with E-state index in [1.54, 1.807) is 0 Å². The summed E-state index contributed by atoms with van der Waals surface area (Å²) >= 11 is 0. The summed E-state index contributed by atoms with van der Waals surface area (Å²) in [6.07, 6.45) is 7.62. The van der Waals surface area contributed by atoms with Gasteiger partial charge in [0, 0.05) is 0 Å². The normalized spacial score (nSPS) is 16.1. The van der Waals surface area contributed by atoms with Gasteiger partial charge in [0.05, 0.1) is 5.60 Å². The van der Waals surface area contributed by atoms with Crippen LogP contribution >= 0.6 is 0 Å². The van der Waals surface area contributed by atoms with Gasteiger partial charge in [0.1, 0.15) is 0 Å². The van der Waals surface area contributed by atoms with Crippen LogP contribution in [0, 0.1) is 0 Å². The van der Waals surface area contributed by atoms with E-state index in [4.69, 9.17) is 0 Å². The Balaban J connectivity index is 3.84. The Labute approximate surface area is 75.8 Å². The molecule has 0 amide bonds. The number of rotatable bonds is 4. The molecule has 0 rings (SSSR count). The SMILES string of the molecule is CC=CC(C)(O)CCC=C(C)C. The predicted octanol–water partition coefficient (Wildman–Crippen LogP) is 3.06. The third kappa shape index (κ3) is 6.17. The lowest BCUT2D eigenvalue weighted by Gasteiger charge is -2.17. The minimum absolute atomic E-state index is 0.638. The summed E-state index contributed by atoms with van der Waals surface area (Å²) in [7, 11) is 0. The minimum atomic E-state index is -0.638. The zero-order valence-electron chi connectivity index (χ0n) is 8.59. The predicted molar refractivity (Wildman–Crippen MR) is 54.1 cm³/mol. The minimum Gasteiger partial charge on any atom is -0.386 e. The molecule has 0 aromatic heterocycles. The van der Waals surface area contributed by atoms with E-state index in [1.165, 1.54) is 5.57 Å². The molecule has 1 unspecified atom stereocenters. The fraction of sp³-hybridized carbons (Fsp3) is 0.636. The van der Waals surface area contributed by atoms with Gasteiger partial charge in [-0.2, -0.15) is 0 Å². The average Bonchev–Trinajstić information content (AvgIpc) is 1.85. The van der Waals surface area contributed by atoms with Gasteiger partial charge in [-0.3, -0.25) is 0 Å². The standard InChI is InChI=1S/C11H20O/c1-5-8-11(4,12)9-6-7-10(2)3/h5,7-8,12H,6,9H2,1-4H3. The van der Waals surface area contributed by atoms with Crippen LogP contribution in [0.2, 0.25) is 0 Å². The van der Waals surface area contributed by atoms with E-state index in [1.807, 2.05) is 26.0 Å². The van der Waals surface area contributed by atoms with E-state index in [0.29, 0.717) is 0 Å². The first-order chi connectivity index (χ1) is 5.48. The van der Waals surface area contributed by atoms with Gasteiger partial charge >= 0.3 is 0 Å². The van der Waals surface area contributed by atoms with Crippen molar-refractivity contribution in [3.63, 3.8) is 0 Å². The first-order valence-electron chi connectivity index (χ1n) is 4.47. The van der Waals surface area contributed by atoms with Gasteiger partial charge < -0.3 is 5.11 Å². The fourth-order valence-electron chi connectivity index (χ4n) is 1.10. The average molecular weight is 168 g/mol. The van der Waals surface area contributed by atoms with Gasteiger partial charge in [-0.05, 0) is 40.5 Å². The van der Waals surface area contributed by atoms with Crippen LogP contribution in [0.3, 0.4) is 0 Å². The Morgan fingerprint density at radius 2 is 2.00 bits per heavy atom. The van der Waals surface area contributed by atoms with Crippen LogP contribution in [0.4, 0.5) is 0 Å². The quantitative estimate of drug-likeness (QED) is 0.640. The van der Waals surface area contributed by atoms with Crippen molar-refractivity contribution in [3.8, 4) is 0 Å². The highest BCUT2D eigenvalue weighted by Gasteiger charge is 2.13. The maximum Gasteiger partial charge on any atom is 0.0802 e. The van der Waals surface area contributed by atoms with Crippen LogP contribution < -0.4 is 0 Å². The third-order valence-corrected chi connectivity index (χ3v) is 1.73. The molecule has 0 aliphatic carbocycles. The largest absolute Gasteiger partial charge is 0.386 e. The number of hydrogen-bond donors (Lipinski definition) is 1. The molecule has 0 aromatic carbocycles. The van der Waals surface area contributed by atoms with Crippen molar-refractivity contribution in [1.82, 2.24) is 0 Å². The highest BCUT2D eigenvalue weighted by atomic mass is 16.3. The zero-order chi connectivity index (χ0) is 9.61. The van der Waals surface area contributed by atoms with Crippen molar-refractivity contribution in [3.05, 3.63) is 23.8 Å². The first-order valence-corrected chi connectivity index (χ1v) is 4.47. The maximum absolute atomic E-state index is 9.71. The summed E-state index contributed by atoms with van der Waals surface area (Å²) < 4.78 is 0. The smallest absolute Gasteiger partial charge is 0.0802 e. The second-order valence-corrected chi connectivity index (χ2v) is 3.68. The molecule has 12 heavy (non-hydrogen) atoms. The molecule has 1 nitrogen and oxygen atoms in total. The number of allylic oxidation sites excluding steroid dienone is 3. The number of aliphatic hydroxyl groups is 1. The van der Waals surface area contributed by atoms with Gasteiger partial charge in [-0.15, -0.1) is 0 Å². The molecule has 0 radical (unpaired) electrons. The lowest BCUT2D eigenvalue weighted by molar-refractivity contribution is 0.103. The van der Waals surface area contributed by atoms with Crippen LogP contribution in [-0.2, 0) is 0 Å². The fourth-order valence-corrected chi connectivity index (χ4v) is 1.10. The first kappa shape index (κ1) is 11.4. The molecule has 0 heterocycles. The van der Waals surface area contributed by atoms with Gasteiger partial charge in [-0.1, -0.05) is 23.8 Å². The molecule has 0 saturated carbocycles. The lowest BCUT2D eigenvalue weighted by Crippen LogP contribution is -2.19. The molecule has 0 bridgehead atoms. The Kier molecular flexibility index (Phi) is 4.91. The van der Waals surface area contributed by atoms with Crippen molar-refractivity contribution in [2.24, 2.45) is 0 Å². The molecular weight excluding hydrogens is 148 g/mol. The lowest BCUT2D eigenvalue weighted by atomic mass is 9.99. The zero-order valence-corrected chi connectivity index (χ0v) is 8.59. The maximum atomic E-state index is 9.71. The van der Waals surface area contributed by atoms with Crippen molar-refractivity contribution >= 4 is 0 Å². The summed E-state index contributed by atoms with van der Waals surface area (Å²) in [4.78, 5) is 0. The van der Waals surface area contributed by atoms with Crippen LogP contribution in [0.25, 0.3) is 0 Å². The summed E-state index contributed by atoms with van der Waals surface area (Å²) in [6.45, 7) is 7.91. The van der Waals surface area contributed by atoms with E-state index in [0.717, 1.165) is 12.8 Å². The summed E-state index contributed by atoms with van der Waals surface area (Å²) in [5.41, 5.74) is 0.673. The van der Waals surface area contributed by atoms with E-state index >= 15 is 0 Å². The summed E-state index contributed by atoms with van der Waals surface area (Å²) in [5, 5.41) is 9.71.